The standard InChI is InChI=1S/C23H23N3O2S/c1-14-13-26-22(21(25-23(26)29-14)18-6-4-5-11-24-18)20-17-12-16(27-2)9-7-15(17)8-10-19(20)28-3/h4-12,14,21-22H,13H2,1-3H3/t14-,21-,22+/m0/s1. The molecular formula is C23H23N3O2S. The zero-order valence-corrected chi connectivity index (χ0v) is 17.5. The molecule has 2 aliphatic heterocycles. The maximum absolute atomic E-state index is 5.85. The van der Waals surface area contributed by atoms with Crippen molar-refractivity contribution in [1.82, 2.24) is 9.88 Å². The summed E-state index contributed by atoms with van der Waals surface area (Å²) in [6.45, 7) is 3.21. The maximum atomic E-state index is 5.85. The molecule has 0 unspecified atom stereocenters. The Morgan fingerprint density at radius 2 is 1.93 bits per heavy atom. The molecule has 3 aromatic rings. The highest BCUT2D eigenvalue weighted by Gasteiger charge is 2.45. The summed E-state index contributed by atoms with van der Waals surface area (Å²) in [5.74, 6) is 1.71. The Balaban J connectivity index is 1.74. The third kappa shape index (κ3) is 3.02. The number of hydrogen-bond donors (Lipinski definition) is 0. The minimum absolute atomic E-state index is 0.0307. The zero-order valence-electron chi connectivity index (χ0n) is 16.7. The van der Waals surface area contributed by atoms with Gasteiger partial charge in [0.1, 0.15) is 17.5 Å². The van der Waals surface area contributed by atoms with Gasteiger partial charge in [-0.15, -0.1) is 0 Å². The van der Waals surface area contributed by atoms with Crippen molar-refractivity contribution >= 4 is 27.7 Å². The number of nitrogens with zero attached hydrogens (tertiary/aromatic N) is 3. The molecule has 0 bridgehead atoms. The van der Waals surface area contributed by atoms with E-state index >= 15 is 0 Å². The van der Waals surface area contributed by atoms with Crippen molar-refractivity contribution in [2.24, 2.45) is 4.99 Å². The number of aliphatic imine (C=N–C) groups is 1. The van der Waals surface area contributed by atoms with Crippen molar-refractivity contribution in [1.29, 1.82) is 0 Å². The fourth-order valence-corrected chi connectivity index (χ4v) is 5.43. The van der Waals surface area contributed by atoms with Crippen LogP contribution in [0.4, 0.5) is 0 Å². The predicted molar refractivity (Wildman–Crippen MR) is 118 cm³/mol. The van der Waals surface area contributed by atoms with Gasteiger partial charge in [-0.3, -0.25) is 9.98 Å². The first-order chi connectivity index (χ1) is 14.2. The normalized spacial score (nSPS) is 23.2. The molecular weight excluding hydrogens is 382 g/mol. The van der Waals surface area contributed by atoms with Crippen molar-refractivity contribution in [3.8, 4) is 11.5 Å². The lowest BCUT2D eigenvalue weighted by Gasteiger charge is -2.29. The Kier molecular flexibility index (Phi) is 4.59. The van der Waals surface area contributed by atoms with Gasteiger partial charge in [0.2, 0.25) is 0 Å². The highest BCUT2D eigenvalue weighted by atomic mass is 32.2. The van der Waals surface area contributed by atoms with Gasteiger partial charge >= 0.3 is 0 Å². The quantitative estimate of drug-likeness (QED) is 0.621. The van der Waals surface area contributed by atoms with E-state index in [9.17, 15) is 0 Å². The molecule has 0 radical (unpaired) electrons. The highest BCUT2D eigenvalue weighted by Crippen LogP contribution is 2.51. The lowest BCUT2D eigenvalue weighted by Crippen LogP contribution is -2.29. The minimum atomic E-state index is -0.0723. The van der Waals surface area contributed by atoms with Gasteiger partial charge in [0.05, 0.1) is 26.0 Å². The van der Waals surface area contributed by atoms with Gasteiger partial charge in [-0.1, -0.05) is 36.9 Å². The van der Waals surface area contributed by atoms with Crippen molar-refractivity contribution in [3.63, 3.8) is 0 Å². The number of ether oxygens (including phenoxy) is 2. The van der Waals surface area contributed by atoms with Crippen LogP contribution < -0.4 is 9.47 Å². The van der Waals surface area contributed by atoms with Gasteiger partial charge in [0.25, 0.3) is 0 Å². The Bertz CT molecular complexity index is 1080. The van der Waals surface area contributed by atoms with Gasteiger partial charge in [-0.2, -0.15) is 0 Å². The van der Waals surface area contributed by atoms with Crippen LogP contribution in [0.3, 0.4) is 0 Å². The van der Waals surface area contributed by atoms with Gasteiger partial charge in [-0.05, 0) is 41.1 Å². The van der Waals surface area contributed by atoms with Crippen LogP contribution in [0, 0.1) is 0 Å². The summed E-state index contributed by atoms with van der Waals surface area (Å²) in [5.41, 5.74) is 2.13. The second-order valence-corrected chi connectivity index (χ2v) is 8.81. The molecule has 1 aromatic heterocycles. The fourth-order valence-electron chi connectivity index (χ4n) is 4.34. The van der Waals surface area contributed by atoms with E-state index in [2.05, 4.69) is 47.1 Å². The van der Waals surface area contributed by atoms with E-state index < -0.39 is 0 Å². The van der Waals surface area contributed by atoms with Crippen LogP contribution in [-0.2, 0) is 0 Å². The Morgan fingerprint density at radius 1 is 1.07 bits per heavy atom. The lowest BCUT2D eigenvalue weighted by atomic mass is 9.91. The van der Waals surface area contributed by atoms with Crippen LogP contribution in [0.15, 0.2) is 59.7 Å². The largest absolute Gasteiger partial charge is 0.497 e. The number of fused-ring (bicyclic) bond motifs is 2. The number of pyridine rings is 1. The summed E-state index contributed by atoms with van der Waals surface area (Å²) in [7, 11) is 3.44. The first-order valence-corrected chi connectivity index (χ1v) is 10.6. The SMILES string of the molecule is COc1ccc2ccc(OC)c([C@@H]3[C@H](c4ccccn4)N=C4S[C@@H](C)CN43)c2c1. The summed E-state index contributed by atoms with van der Waals surface area (Å²) in [4.78, 5) is 12.2. The number of amidine groups is 1. The monoisotopic (exact) mass is 405 g/mol. The molecule has 0 aliphatic carbocycles. The molecule has 0 amide bonds. The smallest absolute Gasteiger partial charge is 0.160 e. The average molecular weight is 406 g/mol. The van der Waals surface area contributed by atoms with Gasteiger partial charge < -0.3 is 14.4 Å². The molecule has 29 heavy (non-hydrogen) atoms. The predicted octanol–water partition coefficient (Wildman–Crippen LogP) is 4.84. The van der Waals surface area contributed by atoms with E-state index in [0.29, 0.717) is 5.25 Å². The summed E-state index contributed by atoms with van der Waals surface area (Å²) >= 11 is 1.84. The average Bonchev–Trinajstić information content (AvgIpc) is 3.29. The van der Waals surface area contributed by atoms with E-state index in [1.807, 2.05) is 36.2 Å². The molecule has 5 rings (SSSR count). The third-order valence-corrected chi connectivity index (χ3v) is 6.73. The fraction of sp³-hybridized carbons (Fsp3) is 0.304. The highest BCUT2D eigenvalue weighted by molar-refractivity contribution is 8.14. The molecule has 2 aromatic carbocycles. The first kappa shape index (κ1) is 18.3. The molecule has 5 nitrogen and oxygen atoms in total. The molecule has 2 aliphatic rings. The summed E-state index contributed by atoms with van der Waals surface area (Å²) < 4.78 is 11.4. The van der Waals surface area contributed by atoms with Crippen LogP contribution in [-0.4, -0.2) is 41.1 Å². The van der Waals surface area contributed by atoms with Crippen LogP contribution in [0.2, 0.25) is 0 Å². The van der Waals surface area contributed by atoms with E-state index in [1.54, 1.807) is 14.2 Å². The zero-order chi connectivity index (χ0) is 20.0. The number of aromatic nitrogens is 1. The number of benzene rings is 2. The van der Waals surface area contributed by atoms with E-state index in [-0.39, 0.29) is 12.1 Å². The van der Waals surface area contributed by atoms with E-state index in [0.717, 1.165) is 45.2 Å². The lowest BCUT2D eigenvalue weighted by molar-refractivity contribution is 0.310. The van der Waals surface area contributed by atoms with E-state index in [1.165, 1.54) is 0 Å². The molecule has 6 heteroatoms. The topological polar surface area (TPSA) is 47.0 Å². The van der Waals surface area contributed by atoms with Crippen molar-refractivity contribution in [3.05, 3.63) is 66.0 Å². The minimum Gasteiger partial charge on any atom is -0.497 e. The number of hydrogen-bond acceptors (Lipinski definition) is 6. The molecule has 3 heterocycles. The Hall–Kier alpha value is -2.73. The van der Waals surface area contributed by atoms with Crippen LogP contribution >= 0.6 is 11.8 Å². The first-order valence-electron chi connectivity index (χ1n) is 9.76. The molecule has 0 saturated carbocycles. The molecule has 0 N–H and O–H groups in total. The summed E-state index contributed by atoms with van der Waals surface area (Å²) in [5, 5.41) is 3.90. The van der Waals surface area contributed by atoms with Crippen LogP contribution in [0.1, 0.15) is 30.3 Å². The molecule has 0 spiro atoms. The van der Waals surface area contributed by atoms with E-state index in [4.69, 9.17) is 14.5 Å². The van der Waals surface area contributed by atoms with Crippen molar-refractivity contribution in [2.45, 2.75) is 24.3 Å². The molecule has 3 atom stereocenters. The van der Waals surface area contributed by atoms with Gasteiger partial charge in [-0.25, -0.2) is 0 Å². The number of methoxy groups -OCH3 is 2. The van der Waals surface area contributed by atoms with Gasteiger partial charge in [0, 0.05) is 23.6 Å². The van der Waals surface area contributed by atoms with Crippen molar-refractivity contribution in [2.75, 3.05) is 20.8 Å². The molecule has 1 saturated heterocycles. The summed E-state index contributed by atoms with van der Waals surface area (Å²) in [6.07, 6.45) is 1.84. The van der Waals surface area contributed by atoms with Crippen LogP contribution in [0.5, 0.6) is 11.5 Å². The number of rotatable bonds is 4. The van der Waals surface area contributed by atoms with Gasteiger partial charge in [0.15, 0.2) is 5.17 Å². The Morgan fingerprint density at radius 3 is 2.69 bits per heavy atom. The maximum Gasteiger partial charge on any atom is 0.160 e. The molecule has 148 valence electrons. The second kappa shape index (κ2) is 7.26. The third-order valence-electron chi connectivity index (χ3n) is 5.63. The summed E-state index contributed by atoms with van der Waals surface area (Å²) in [6, 6.07) is 16.4. The number of thioether (sulfide) groups is 1. The van der Waals surface area contributed by atoms with Crippen molar-refractivity contribution < 1.29 is 9.47 Å². The van der Waals surface area contributed by atoms with Crippen LogP contribution in [0.25, 0.3) is 10.8 Å². The molecule has 1 fully saturated rings. The second-order valence-electron chi connectivity index (χ2n) is 7.41. The Labute approximate surface area is 174 Å².